The Morgan fingerprint density at radius 1 is 0.958 bits per heavy atom. The first kappa shape index (κ1) is 20.5. The number of unbranched alkanes of at least 4 members (excludes halogenated alkanes) is 3. The van der Waals surface area contributed by atoms with Crippen LogP contribution in [0.25, 0.3) is 0 Å². The van der Waals surface area contributed by atoms with Gasteiger partial charge in [0.05, 0.1) is 13.2 Å². The highest BCUT2D eigenvalue weighted by Gasteiger charge is 2.09. The molecule has 0 saturated heterocycles. The van der Waals surface area contributed by atoms with Crippen molar-refractivity contribution in [3.8, 4) is 5.75 Å². The van der Waals surface area contributed by atoms with Crippen LogP contribution in [-0.2, 0) is 4.79 Å². The van der Waals surface area contributed by atoms with Gasteiger partial charge in [-0.3, -0.25) is 9.69 Å². The van der Waals surface area contributed by atoms with Gasteiger partial charge in [0.15, 0.2) is 0 Å². The van der Waals surface area contributed by atoms with Gasteiger partial charge in [0.25, 0.3) is 0 Å². The van der Waals surface area contributed by atoms with Crippen LogP contribution in [0.15, 0.2) is 24.3 Å². The molecule has 0 saturated carbocycles. The molecule has 0 aliphatic rings. The van der Waals surface area contributed by atoms with Gasteiger partial charge in [-0.05, 0) is 56.6 Å². The molecule has 0 bridgehead atoms. The Bertz CT molecular complexity index is 439. The minimum absolute atomic E-state index is 0.0464. The van der Waals surface area contributed by atoms with Crippen LogP contribution in [0.4, 0.5) is 5.69 Å². The summed E-state index contributed by atoms with van der Waals surface area (Å²) in [6.07, 6.45) is 6.95. The molecule has 0 aromatic heterocycles. The van der Waals surface area contributed by atoms with E-state index in [4.69, 9.17) is 4.74 Å². The number of amides is 1. The summed E-state index contributed by atoms with van der Waals surface area (Å²) in [5, 5.41) is 2.96. The minimum Gasteiger partial charge on any atom is -0.494 e. The molecule has 0 heterocycles. The maximum Gasteiger partial charge on any atom is 0.238 e. The van der Waals surface area contributed by atoms with E-state index in [2.05, 4.69) is 31.0 Å². The molecule has 4 heteroatoms. The van der Waals surface area contributed by atoms with Gasteiger partial charge in [-0.15, -0.1) is 0 Å². The van der Waals surface area contributed by atoms with Crippen LogP contribution < -0.4 is 10.1 Å². The Hall–Kier alpha value is -1.55. The van der Waals surface area contributed by atoms with Crippen molar-refractivity contribution in [1.82, 2.24) is 4.90 Å². The number of nitrogens with zero attached hydrogens (tertiary/aromatic N) is 1. The fourth-order valence-electron chi connectivity index (χ4n) is 2.66. The van der Waals surface area contributed by atoms with E-state index in [-0.39, 0.29) is 5.91 Å². The Labute approximate surface area is 147 Å². The van der Waals surface area contributed by atoms with E-state index in [0.717, 1.165) is 50.4 Å². The van der Waals surface area contributed by atoms with Crippen molar-refractivity contribution in [2.24, 2.45) is 0 Å². The molecule has 1 aromatic carbocycles. The van der Waals surface area contributed by atoms with Crippen molar-refractivity contribution in [3.63, 3.8) is 0 Å². The number of benzene rings is 1. The fraction of sp³-hybridized carbons (Fsp3) is 0.650. The van der Waals surface area contributed by atoms with Gasteiger partial charge in [0.2, 0.25) is 5.91 Å². The van der Waals surface area contributed by atoms with Crippen LogP contribution in [0.3, 0.4) is 0 Å². The summed E-state index contributed by atoms with van der Waals surface area (Å²) in [6, 6.07) is 7.66. The van der Waals surface area contributed by atoms with E-state index in [0.29, 0.717) is 6.54 Å². The van der Waals surface area contributed by atoms with Gasteiger partial charge in [-0.1, -0.05) is 40.0 Å². The Morgan fingerprint density at radius 3 is 2.21 bits per heavy atom. The maximum atomic E-state index is 12.1. The first-order valence-electron chi connectivity index (χ1n) is 9.44. The van der Waals surface area contributed by atoms with Gasteiger partial charge in [0.1, 0.15) is 5.75 Å². The van der Waals surface area contributed by atoms with Gasteiger partial charge in [-0.2, -0.15) is 0 Å². The number of carbonyl (C=O) groups is 1. The summed E-state index contributed by atoms with van der Waals surface area (Å²) in [7, 11) is 0. The Balaban J connectivity index is 2.35. The molecule has 1 aromatic rings. The lowest BCUT2D eigenvalue weighted by Crippen LogP contribution is -2.34. The van der Waals surface area contributed by atoms with Crippen molar-refractivity contribution in [1.29, 1.82) is 0 Å². The number of ether oxygens (including phenoxy) is 1. The lowest BCUT2D eigenvalue weighted by molar-refractivity contribution is -0.117. The highest BCUT2D eigenvalue weighted by atomic mass is 16.5. The number of hydrogen-bond donors (Lipinski definition) is 1. The molecule has 0 unspecified atom stereocenters. The predicted molar refractivity (Wildman–Crippen MR) is 102 cm³/mol. The van der Waals surface area contributed by atoms with Crippen LogP contribution in [-0.4, -0.2) is 37.0 Å². The number of nitrogens with one attached hydrogen (secondary N) is 1. The largest absolute Gasteiger partial charge is 0.494 e. The Kier molecular flexibility index (Phi) is 10.9. The molecule has 1 rings (SSSR count). The first-order chi connectivity index (χ1) is 11.7. The molecule has 136 valence electrons. The molecule has 4 nitrogen and oxygen atoms in total. The molecule has 0 spiro atoms. The van der Waals surface area contributed by atoms with Crippen LogP contribution >= 0.6 is 0 Å². The van der Waals surface area contributed by atoms with Gasteiger partial charge < -0.3 is 10.1 Å². The lowest BCUT2D eigenvalue weighted by atomic mass is 10.2. The number of hydrogen-bond acceptors (Lipinski definition) is 3. The topological polar surface area (TPSA) is 41.6 Å². The van der Waals surface area contributed by atoms with Crippen molar-refractivity contribution < 1.29 is 9.53 Å². The van der Waals surface area contributed by atoms with Gasteiger partial charge in [-0.25, -0.2) is 0 Å². The highest BCUT2D eigenvalue weighted by molar-refractivity contribution is 5.92. The van der Waals surface area contributed by atoms with Crippen molar-refractivity contribution >= 4 is 11.6 Å². The molecule has 0 radical (unpaired) electrons. The van der Waals surface area contributed by atoms with Crippen LogP contribution in [0.5, 0.6) is 5.75 Å². The lowest BCUT2D eigenvalue weighted by Gasteiger charge is -2.20. The third-order valence-electron chi connectivity index (χ3n) is 3.85. The highest BCUT2D eigenvalue weighted by Crippen LogP contribution is 2.16. The number of carbonyl (C=O) groups excluding carboxylic acids is 1. The first-order valence-corrected chi connectivity index (χ1v) is 9.44. The molecule has 0 fully saturated rings. The van der Waals surface area contributed by atoms with Crippen LogP contribution in [0, 0.1) is 0 Å². The fourth-order valence-corrected chi connectivity index (χ4v) is 2.66. The van der Waals surface area contributed by atoms with Crippen LogP contribution in [0.2, 0.25) is 0 Å². The van der Waals surface area contributed by atoms with E-state index >= 15 is 0 Å². The predicted octanol–water partition coefficient (Wildman–Crippen LogP) is 4.71. The molecule has 0 atom stereocenters. The molecule has 0 aliphatic carbocycles. The summed E-state index contributed by atoms with van der Waals surface area (Å²) >= 11 is 0. The molecule has 1 amide bonds. The smallest absolute Gasteiger partial charge is 0.238 e. The van der Waals surface area contributed by atoms with E-state index in [1.165, 1.54) is 19.3 Å². The van der Waals surface area contributed by atoms with E-state index in [1.807, 2.05) is 24.3 Å². The standard InChI is InChI=1S/C20H34N2O2/c1-4-7-8-9-16-24-19-12-10-18(11-13-19)21-20(23)17-22(14-5-2)15-6-3/h10-13H,4-9,14-17H2,1-3H3,(H,21,23). The quantitative estimate of drug-likeness (QED) is 0.531. The molecular formula is C20H34N2O2. The van der Waals surface area contributed by atoms with Gasteiger partial charge in [0, 0.05) is 5.69 Å². The zero-order valence-electron chi connectivity index (χ0n) is 15.6. The zero-order chi connectivity index (χ0) is 17.6. The summed E-state index contributed by atoms with van der Waals surface area (Å²) < 4.78 is 5.72. The second-order valence-corrected chi connectivity index (χ2v) is 6.26. The summed E-state index contributed by atoms with van der Waals surface area (Å²) in [5.41, 5.74) is 0.825. The monoisotopic (exact) mass is 334 g/mol. The second kappa shape index (κ2) is 12.8. The average molecular weight is 335 g/mol. The van der Waals surface area contributed by atoms with Gasteiger partial charge >= 0.3 is 0 Å². The number of rotatable bonds is 13. The SMILES string of the molecule is CCCCCCOc1ccc(NC(=O)CN(CCC)CCC)cc1. The second-order valence-electron chi connectivity index (χ2n) is 6.26. The van der Waals surface area contributed by atoms with Crippen molar-refractivity contribution in [3.05, 3.63) is 24.3 Å². The normalized spacial score (nSPS) is 10.8. The zero-order valence-corrected chi connectivity index (χ0v) is 15.6. The number of anilines is 1. The van der Waals surface area contributed by atoms with Crippen LogP contribution in [0.1, 0.15) is 59.3 Å². The maximum absolute atomic E-state index is 12.1. The van der Waals surface area contributed by atoms with Crippen molar-refractivity contribution in [2.45, 2.75) is 59.3 Å². The average Bonchev–Trinajstić information content (AvgIpc) is 2.56. The summed E-state index contributed by atoms with van der Waals surface area (Å²) in [6.45, 7) is 9.63. The molecule has 24 heavy (non-hydrogen) atoms. The van der Waals surface area contributed by atoms with E-state index in [9.17, 15) is 4.79 Å². The molecular weight excluding hydrogens is 300 g/mol. The Morgan fingerprint density at radius 2 is 1.62 bits per heavy atom. The van der Waals surface area contributed by atoms with E-state index < -0.39 is 0 Å². The summed E-state index contributed by atoms with van der Waals surface area (Å²) in [4.78, 5) is 14.3. The third-order valence-corrected chi connectivity index (χ3v) is 3.85. The molecule has 0 aliphatic heterocycles. The summed E-state index contributed by atoms with van der Waals surface area (Å²) in [5.74, 6) is 0.910. The van der Waals surface area contributed by atoms with E-state index in [1.54, 1.807) is 0 Å². The third kappa shape index (κ3) is 8.92. The molecule has 1 N–H and O–H groups in total. The van der Waals surface area contributed by atoms with Crippen molar-refractivity contribution in [2.75, 3.05) is 31.6 Å². The minimum atomic E-state index is 0.0464.